The summed E-state index contributed by atoms with van der Waals surface area (Å²) in [7, 11) is 0. The summed E-state index contributed by atoms with van der Waals surface area (Å²) < 4.78 is 8.65. The van der Waals surface area contributed by atoms with E-state index in [9.17, 15) is 4.79 Å². The quantitative estimate of drug-likeness (QED) is 0.271. The predicted molar refractivity (Wildman–Crippen MR) is 121 cm³/mol. The Bertz CT molecular complexity index is 1260. The molecule has 4 aromatic rings. The first-order valence-corrected chi connectivity index (χ1v) is 11.7. The molecule has 2 aromatic carbocycles. The van der Waals surface area contributed by atoms with E-state index in [-0.39, 0.29) is 11.6 Å². The summed E-state index contributed by atoms with van der Waals surface area (Å²) in [6, 6.07) is 15.5. The first-order valence-electron chi connectivity index (χ1n) is 9.92. The summed E-state index contributed by atoms with van der Waals surface area (Å²) in [6.07, 6.45) is 4.32. The van der Waals surface area contributed by atoms with Gasteiger partial charge in [-0.2, -0.15) is 0 Å². The minimum atomic E-state index is 0.0365. The molecule has 152 valence electrons. The van der Waals surface area contributed by atoms with Gasteiger partial charge in [-0.15, -0.1) is 10.2 Å². The van der Waals surface area contributed by atoms with E-state index in [4.69, 9.17) is 9.40 Å². The van der Waals surface area contributed by atoms with E-state index < -0.39 is 0 Å². The van der Waals surface area contributed by atoms with Gasteiger partial charge in [0.2, 0.25) is 11.8 Å². The van der Waals surface area contributed by atoms with Crippen LogP contribution in [0.15, 0.2) is 67.4 Å². The van der Waals surface area contributed by atoms with E-state index >= 15 is 0 Å². The molecule has 0 atom stereocenters. The largest absolute Gasteiger partial charge is 0.420 e. The zero-order valence-electron chi connectivity index (χ0n) is 16.1. The number of halogens is 1. The Kier molecular flexibility index (Phi) is 5.43. The predicted octanol–water partition coefficient (Wildman–Crippen LogP) is 5.62. The molecule has 1 aliphatic rings. The van der Waals surface area contributed by atoms with Crippen LogP contribution in [0.4, 0.5) is 0 Å². The molecule has 0 bridgehead atoms. The van der Waals surface area contributed by atoms with Gasteiger partial charge in [0, 0.05) is 10.5 Å². The molecule has 8 heteroatoms. The van der Waals surface area contributed by atoms with Gasteiger partial charge >= 0.3 is 0 Å². The highest BCUT2D eigenvalue weighted by Gasteiger charge is 2.23. The minimum absolute atomic E-state index is 0.0365. The number of hydrogen-bond acceptors (Lipinski definition) is 6. The lowest BCUT2D eigenvalue weighted by molar-refractivity contribution is 0.457. The third-order valence-corrected chi connectivity index (χ3v) is 6.99. The second-order valence-corrected chi connectivity index (χ2v) is 9.09. The van der Waals surface area contributed by atoms with Crippen LogP contribution in [0.5, 0.6) is 0 Å². The Labute approximate surface area is 185 Å². The van der Waals surface area contributed by atoms with Crippen LogP contribution in [-0.4, -0.2) is 19.7 Å². The molecule has 2 heterocycles. The van der Waals surface area contributed by atoms with Gasteiger partial charge in [0.25, 0.3) is 5.56 Å². The Balaban J connectivity index is 1.46. The van der Waals surface area contributed by atoms with Crippen LogP contribution in [0, 0.1) is 0 Å². The average Bonchev–Trinajstić information content (AvgIpc) is 3.45. The standard InChI is InChI=1S/C22H19BrN4O2S/c23-17-11-5-3-9-15(17)20-26-25-19(29-20)13-30-22-24-18-12-6-4-10-16(18)21(28)27(22)14-7-1-2-8-14/h3-6,9-12,14H,1-2,7-8,13H2. The third-order valence-electron chi connectivity index (χ3n) is 5.36. The van der Waals surface area contributed by atoms with Crippen LogP contribution in [-0.2, 0) is 5.75 Å². The van der Waals surface area contributed by atoms with Gasteiger partial charge in [0.1, 0.15) is 0 Å². The molecule has 0 N–H and O–H groups in total. The molecule has 1 aliphatic carbocycles. The number of hydrogen-bond donors (Lipinski definition) is 0. The molecule has 6 nitrogen and oxygen atoms in total. The van der Waals surface area contributed by atoms with Crippen LogP contribution < -0.4 is 5.56 Å². The molecule has 0 spiro atoms. The van der Waals surface area contributed by atoms with Gasteiger partial charge in [-0.25, -0.2) is 4.98 Å². The van der Waals surface area contributed by atoms with E-state index in [1.54, 1.807) is 0 Å². The van der Waals surface area contributed by atoms with Gasteiger partial charge in [-0.3, -0.25) is 9.36 Å². The van der Waals surface area contributed by atoms with E-state index in [1.807, 2.05) is 53.1 Å². The lowest BCUT2D eigenvalue weighted by Gasteiger charge is -2.18. The van der Waals surface area contributed by atoms with E-state index in [0.717, 1.165) is 41.2 Å². The van der Waals surface area contributed by atoms with Crippen molar-refractivity contribution in [3.63, 3.8) is 0 Å². The molecule has 0 amide bonds. The molecule has 0 unspecified atom stereocenters. The molecule has 30 heavy (non-hydrogen) atoms. The summed E-state index contributed by atoms with van der Waals surface area (Å²) in [6.45, 7) is 0. The van der Waals surface area contributed by atoms with Crippen molar-refractivity contribution >= 4 is 38.6 Å². The number of aromatic nitrogens is 4. The number of nitrogens with zero attached hydrogens (tertiary/aromatic N) is 4. The van der Waals surface area contributed by atoms with Crippen LogP contribution >= 0.6 is 27.7 Å². The van der Waals surface area contributed by atoms with E-state index in [2.05, 4.69) is 26.1 Å². The maximum absolute atomic E-state index is 13.2. The lowest BCUT2D eigenvalue weighted by Crippen LogP contribution is -2.26. The maximum atomic E-state index is 13.2. The number of benzene rings is 2. The topological polar surface area (TPSA) is 73.8 Å². The molecule has 1 saturated carbocycles. The Morgan fingerprint density at radius 2 is 1.83 bits per heavy atom. The SMILES string of the molecule is O=c1c2ccccc2nc(SCc2nnc(-c3ccccc3Br)o2)n1C1CCCC1. The van der Waals surface area contributed by atoms with Crippen molar-refractivity contribution in [1.82, 2.24) is 19.7 Å². The molecule has 5 rings (SSSR count). The van der Waals surface area contributed by atoms with Crippen molar-refractivity contribution in [2.75, 3.05) is 0 Å². The molecular formula is C22H19BrN4O2S. The zero-order valence-corrected chi connectivity index (χ0v) is 18.5. The van der Waals surface area contributed by atoms with E-state index in [0.29, 0.717) is 28.1 Å². The van der Waals surface area contributed by atoms with Crippen molar-refractivity contribution in [1.29, 1.82) is 0 Å². The molecule has 2 aromatic heterocycles. The van der Waals surface area contributed by atoms with Crippen molar-refractivity contribution in [3.05, 3.63) is 69.2 Å². The Morgan fingerprint density at radius 1 is 1.07 bits per heavy atom. The first kappa shape index (κ1) is 19.5. The van der Waals surface area contributed by atoms with Crippen LogP contribution in [0.1, 0.15) is 37.6 Å². The monoisotopic (exact) mass is 482 g/mol. The van der Waals surface area contributed by atoms with Crippen LogP contribution in [0.25, 0.3) is 22.4 Å². The average molecular weight is 483 g/mol. The van der Waals surface area contributed by atoms with Crippen molar-refractivity contribution in [2.45, 2.75) is 42.6 Å². The fourth-order valence-corrected chi connectivity index (χ4v) is 5.25. The summed E-state index contributed by atoms with van der Waals surface area (Å²) >= 11 is 4.99. The zero-order chi connectivity index (χ0) is 20.5. The summed E-state index contributed by atoms with van der Waals surface area (Å²) in [5, 5.41) is 9.75. The third kappa shape index (κ3) is 3.70. The van der Waals surface area contributed by atoms with Crippen molar-refractivity contribution in [2.24, 2.45) is 0 Å². The molecule has 0 radical (unpaired) electrons. The van der Waals surface area contributed by atoms with Gasteiger partial charge < -0.3 is 4.42 Å². The smallest absolute Gasteiger partial charge is 0.262 e. The highest BCUT2D eigenvalue weighted by molar-refractivity contribution is 9.10. The molecule has 0 aliphatic heterocycles. The number of rotatable bonds is 5. The molecule has 1 fully saturated rings. The normalized spacial score (nSPS) is 14.6. The summed E-state index contributed by atoms with van der Waals surface area (Å²) in [4.78, 5) is 18.0. The lowest BCUT2D eigenvalue weighted by atomic mass is 10.2. The van der Waals surface area contributed by atoms with Gasteiger partial charge in [0.05, 0.1) is 22.2 Å². The minimum Gasteiger partial charge on any atom is -0.420 e. The molecule has 0 saturated heterocycles. The highest BCUT2D eigenvalue weighted by Crippen LogP contribution is 2.33. The van der Waals surface area contributed by atoms with Gasteiger partial charge in [-0.1, -0.05) is 48.9 Å². The fourth-order valence-electron chi connectivity index (χ4n) is 3.89. The number of para-hydroxylation sites is 1. The summed E-state index contributed by atoms with van der Waals surface area (Å²) in [5.41, 5.74) is 1.61. The van der Waals surface area contributed by atoms with Crippen LogP contribution in [0.2, 0.25) is 0 Å². The van der Waals surface area contributed by atoms with E-state index in [1.165, 1.54) is 11.8 Å². The molecular weight excluding hydrogens is 464 g/mol. The maximum Gasteiger partial charge on any atom is 0.262 e. The van der Waals surface area contributed by atoms with Gasteiger partial charge in [0.15, 0.2) is 5.16 Å². The number of thioether (sulfide) groups is 1. The first-order chi connectivity index (χ1) is 14.7. The summed E-state index contributed by atoms with van der Waals surface area (Å²) in [5.74, 6) is 1.43. The second kappa shape index (κ2) is 8.35. The Morgan fingerprint density at radius 3 is 2.67 bits per heavy atom. The number of fused-ring (bicyclic) bond motifs is 1. The van der Waals surface area contributed by atoms with Crippen molar-refractivity contribution in [3.8, 4) is 11.5 Å². The van der Waals surface area contributed by atoms with Crippen LogP contribution in [0.3, 0.4) is 0 Å². The van der Waals surface area contributed by atoms with Crippen molar-refractivity contribution < 1.29 is 4.42 Å². The Hall–Kier alpha value is -2.45. The highest BCUT2D eigenvalue weighted by atomic mass is 79.9. The van der Waals surface area contributed by atoms with Gasteiger partial charge in [-0.05, 0) is 53.0 Å². The fraction of sp³-hybridized carbons (Fsp3) is 0.273. The second-order valence-electron chi connectivity index (χ2n) is 7.29.